The Kier molecular flexibility index (Phi) is 12.8. The van der Waals surface area contributed by atoms with Gasteiger partial charge < -0.3 is 41.2 Å². The molecule has 2 heterocycles. The number of carbonyl (C=O) groups excluding carboxylic acids is 1. The molecule has 0 atom stereocenters. The van der Waals surface area contributed by atoms with Crippen LogP contribution in [0.25, 0.3) is 0 Å². The van der Waals surface area contributed by atoms with Crippen molar-refractivity contribution in [3.63, 3.8) is 0 Å². The summed E-state index contributed by atoms with van der Waals surface area (Å²) in [5.74, 6) is 1.50. The average Bonchev–Trinajstić information content (AvgIpc) is 2.92. The number of hydrogen-bond acceptors (Lipinski definition) is 11. The Morgan fingerprint density at radius 2 is 1.68 bits per heavy atom. The first-order chi connectivity index (χ1) is 18.2. The molecule has 1 aliphatic rings. The van der Waals surface area contributed by atoms with Gasteiger partial charge in [0.2, 0.25) is 23.8 Å². The van der Waals surface area contributed by atoms with Crippen LogP contribution in [-0.4, -0.2) is 91.7 Å². The largest absolute Gasteiger partial charge is 0.396 e. The molecule has 0 bridgehead atoms. The van der Waals surface area contributed by atoms with Crippen LogP contribution in [0.1, 0.15) is 31.2 Å². The number of aromatic nitrogens is 3. The van der Waals surface area contributed by atoms with Crippen LogP contribution in [0.3, 0.4) is 0 Å². The van der Waals surface area contributed by atoms with Crippen molar-refractivity contribution in [2.75, 3.05) is 81.3 Å². The van der Waals surface area contributed by atoms with Gasteiger partial charge in [-0.3, -0.25) is 4.79 Å². The van der Waals surface area contributed by atoms with Crippen LogP contribution in [0.2, 0.25) is 0 Å². The second-order valence-corrected chi connectivity index (χ2v) is 8.70. The maximum atomic E-state index is 12.2. The second kappa shape index (κ2) is 16.6. The summed E-state index contributed by atoms with van der Waals surface area (Å²) in [6, 6.07) is 7.60. The Morgan fingerprint density at radius 3 is 2.41 bits per heavy atom. The molecule has 0 saturated carbocycles. The normalized spacial score (nSPS) is 13.4. The highest BCUT2D eigenvalue weighted by atomic mass is 16.5. The number of aliphatic hydroxyl groups excluding tert-OH is 1. The number of piperidine rings is 1. The first kappa shape index (κ1) is 28.5. The van der Waals surface area contributed by atoms with E-state index in [0.29, 0.717) is 70.3 Å². The Labute approximate surface area is 218 Å². The summed E-state index contributed by atoms with van der Waals surface area (Å²) < 4.78 is 10.6. The number of amides is 1. The minimum Gasteiger partial charge on any atom is -0.396 e. The van der Waals surface area contributed by atoms with Gasteiger partial charge in [-0.15, -0.1) is 0 Å². The first-order valence-corrected chi connectivity index (χ1v) is 13.0. The summed E-state index contributed by atoms with van der Waals surface area (Å²) >= 11 is 0. The maximum absolute atomic E-state index is 12.2. The number of aliphatic hydroxyl groups is 1. The lowest BCUT2D eigenvalue weighted by atomic mass is 10.1. The predicted molar refractivity (Wildman–Crippen MR) is 143 cm³/mol. The van der Waals surface area contributed by atoms with E-state index in [1.807, 2.05) is 24.3 Å². The molecule has 204 valence electrons. The molecule has 12 nitrogen and oxygen atoms in total. The lowest BCUT2D eigenvalue weighted by molar-refractivity contribution is -0.120. The van der Waals surface area contributed by atoms with Gasteiger partial charge in [-0.2, -0.15) is 15.0 Å². The first-order valence-electron chi connectivity index (χ1n) is 13.0. The summed E-state index contributed by atoms with van der Waals surface area (Å²) in [6.45, 7) is 5.39. The Morgan fingerprint density at radius 1 is 0.946 bits per heavy atom. The number of anilines is 4. The second-order valence-electron chi connectivity index (χ2n) is 8.70. The molecule has 1 aliphatic heterocycles. The van der Waals surface area contributed by atoms with Crippen molar-refractivity contribution in [3.8, 4) is 0 Å². The molecule has 1 saturated heterocycles. The number of hydrogen-bond donors (Lipinski definition) is 5. The summed E-state index contributed by atoms with van der Waals surface area (Å²) in [5, 5.41) is 18.3. The number of carbonyl (C=O) groups is 1. The monoisotopic (exact) mass is 516 g/mol. The summed E-state index contributed by atoms with van der Waals surface area (Å²) in [4.78, 5) is 28.1. The topological polar surface area (TPSA) is 160 Å². The molecule has 12 heteroatoms. The van der Waals surface area contributed by atoms with Gasteiger partial charge in [0.15, 0.2) is 0 Å². The highest BCUT2D eigenvalue weighted by Gasteiger charge is 2.16. The molecule has 0 unspecified atom stereocenters. The molecule has 1 amide bonds. The SMILES string of the molecule is NCCOCCOCCNC(=O)Cc1ccc(Nc2nc(NCCCO)nc(N3CCCCC3)n2)cc1. The fraction of sp³-hybridized carbons (Fsp3) is 0.600. The lowest BCUT2D eigenvalue weighted by Gasteiger charge is -2.27. The Hall–Kier alpha value is -3.06. The molecule has 1 aromatic heterocycles. The minimum absolute atomic E-state index is 0.0640. The van der Waals surface area contributed by atoms with Crippen LogP contribution in [0.15, 0.2) is 24.3 Å². The molecule has 1 fully saturated rings. The van der Waals surface area contributed by atoms with Gasteiger partial charge >= 0.3 is 0 Å². The van der Waals surface area contributed by atoms with Gasteiger partial charge in [-0.25, -0.2) is 0 Å². The molecule has 0 spiro atoms. The zero-order chi connectivity index (χ0) is 26.1. The zero-order valence-electron chi connectivity index (χ0n) is 21.5. The molecule has 6 N–H and O–H groups in total. The van der Waals surface area contributed by atoms with E-state index in [2.05, 4.69) is 35.8 Å². The fourth-order valence-electron chi connectivity index (χ4n) is 3.77. The lowest BCUT2D eigenvalue weighted by Crippen LogP contribution is -2.31. The van der Waals surface area contributed by atoms with E-state index < -0.39 is 0 Å². The van der Waals surface area contributed by atoms with E-state index in [1.54, 1.807) is 0 Å². The Balaban J connectivity index is 1.49. The van der Waals surface area contributed by atoms with Crippen LogP contribution in [0.5, 0.6) is 0 Å². The van der Waals surface area contributed by atoms with Gasteiger partial charge in [-0.1, -0.05) is 12.1 Å². The highest BCUT2D eigenvalue weighted by molar-refractivity contribution is 5.78. The number of ether oxygens (including phenoxy) is 2. The number of benzene rings is 1. The van der Waals surface area contributed by atoms with Crippen LogP contribution in [0, 0.1) is 0 Å². The van der Waals surface area contributed by atoms with Crippen molar-refractivity contribution in [3.05, 3.63) is 29.8 Å². The van der Waals surface area contributed by atoms with Crippen LogP contribution < -0.4 is 26.6 Å². The van der Waals surface area contributed by atoms with Crippen molar-refractivity contribution >= 4 is 29.4 Å². The zero-order valence-corrected chi connectivity index (χ0v) is 21.5. The molecule has 2 aromatic rings. The molecule has 37 heavy (non-hydrogen) atoms. The number of rotatable bonds is 17. The van der Waals surface area contributed by atoms with Crippen LogP contribution in [0.4, 0.5) is 23.5 Å². The van der Waals surface area contributed by atoms with E-state index in [1.165, 1.54) is 6.42 Å². The summed E-state index contributed by atoms with van der Waals surface area (Å²) in [7, 11) is 0. The quantitative estimate of drug-likeness (QED) is 0.191. The third-order valence-corrected chi connectivity index (χ3v) is 5.66. The van der Waals surface area contributed by atoms with Crippen LogP contribution >= 0.6 is 0 Å². The summed E-state index contributed by atoms with van der Waals surface area (Å²) in [6.07, 6.45) is 4.35. The third-order valence-electron chi connectivity index (χ3n) is 5.66. The van der Waals surface area contributed by atoms with E-state index >= 15 is 0 Å². The number of nitrogens with one attached hydrogen (secondary N) is 3. The van der Waals surface area contributed by atoms with E-state index in [0.717, 1.165) is 37.2 Å². The smallest absolute Gasteiger partial charge is 0.233 e. The van der Waals surface area contributed by atoms with E-state index in [4.69, 9.17) is 20.3 Å². The summed E-state index contributed by atoms with van der Waals surface area (Å²) in [5.41, 5.74) is 7.06. The number of nitrogens with two attached hydrogens (primary N) is 1. The van der Waals surface area contributed by atoms with Crippen LogP contribution in [-0.2, 0) is 20.7 Å². The van der Waals surface area contributed by atoms with Gasteiger partial charge in [-0.05, 0) is 43.4 Å². The molecule has 1 aromatic carbocycles. The van der Waals surface area contributed by atoms with Gasteiger partial charge in [0.1, 0.15) is 0 Å². The Bertz CT molecular complexity index is 925. The van der Waals surface area contributed by atoms with E-state index in [-0.39, 0.29) is 18.9 Å². The van der Waals surface area contributed by atoms with Crippen molar-refractivity contribution < 1.29 is 19.4 Å². The number of nitrogens with zero attached hydrogens (tertiary/aromatic N) is 4. The van der Waals surface area contributed by atoms with Gasteiger partial charge in [0.05, 0.1) is 32.8 Å². The molecule has 0 radical (unpaired) electrons. The van der Waals surface area contributed by atoms with Crippen molar-refractivity contribution in [2.45, 2.75) is 32.1 Å². The highest BCUT2D eigenvalue weighted by Crippen LogP contribution is 2.21. The molecule has 3 rings (SSSR count). The van der Waals surface area contributed by atoms with Crippen molar-refractivity contribution in [1.29, 1.82) is 0 Å². The van der Waals surface area contributed by atoms with Gasteiger partial charge in [0, 0.05) is 45.0 Å². The minimum atomic E-state index is -0.0640. The molecule has 0 aliphatic carbocycles. The average molecular weight is 517 g/mol. The molecular weight excluding hydrogens is 476 g/mol. The maximum Gasteiger partial charge on any atom is 0.233 e. The standard InChI is InChI=1S/C25H40N8O4/c26-9-15-36-17-18-37-16-11-27-22(35)19-20-5-7-21(8-6-20)29-24-30-23(28-10-4-14-34)31-25(32-24)33-12-2-1-3-13-33/h5-8,34H,1-4,9-19,26H2,(H,27,35)(H2,28,29,30,31,32). The van der Waals surface area contributed by atoms with Crippen molar-refractivity contribution in [1.82, 2.24) is 20.3 Å². The molecular formula is C25H40N8O4. The predicted octanol–water partition coefficient (Wildman–Crippen LogP) is 1.05. The third kappa shape index (κ3) is 10.8. The van der Waals surface area contributed by atoms with Crippen molar-refractivity contribution in [2.24, 2.45) is 5.73 Å². The fourth-order valence-corrected chi connectivity index (χ4v) is 3.77. The van der Waals surface area contributed by atoms with E-state index in [9.17, 15) is 4.79 Å². The van der Waals surface area contributed by atoms with Gasteiger partial charge in [0.25, 0.3) is 0 Å².